The van der Waals surface area contributed by atoms with Crippen LogP contribution in [0, 0.1) is 0 Å². The third-order valence-electron chi connectivity index (χ3n) is 3.06. The Kier molecular flexibility index (Phi) is 2.87. The molecule has 0 atom stereocenters. The van der Waals surface area contributed by atoms with Crippen LogP contribution < -0.4 is 4.90 Å². The second-order valence-corrected chi connectivity index (χ2v) is 5.11. The monoisotopic (exact) mass is 263 g/mol. The lowest BCUT2D eigenvalue weighted by Gasteiger charge is -2.17. The van der Waals surface area contributed by atoms with Gasteiger partial charge in [-0.1, -0.05) is 0 Å². The van der Waals surface area contributed by atoms with Crippen LogP contribution in [0.25, 0.3) is 10.2 Å². The number of rotatable bonds is 2. The topological polar surface area (TPSA) is 55.3 Å². The number of hydrogen-bond acceptors (Lipinski definition) is 6. The molecule has 0 N–H and O–H groups in total. The molecule has 2 aromatic heterocycles. The molecule has 3 rings (SSSR count). The summed E-state index contributed by atoms with van der Waals surface area (Å²) >= 11 is 1.61. The van der Waals surface area contributed by atoms with Gasteiger partial charge in [-0.25, -0.2) is 14.8 Å². The van der Waals surface area contributed by atoms with Crippen LogP contribution >= 0.6 is 11.3 Å². The first kappa shape index (κ1) is 11.4. The van der Waals surface area contributed by atoms with E-state index in [4.69, 9.17) is 4.74 Å². The van der Waals surface area contributed by atoms with E-state index in [1.54, 1.807) is 11.3 Å². The van der Waals surface area contributed by atoms with Crippen LogP contribution in [0.4, 0.5) is 5.82 Å². The van der Waals surface area contributed by atoms with Gasteiger partial charge in [0.1, 0.15) is 0 Å². The van der Waals surface area contributed by atoms with Crippen molar-refractivity contribution in [3.8, 4) is 0 Å². The molecule has 3 heterocycles. The molecule has 18 heavy (non-hydrogen) atoms. The van der Waals surface area contributed by atoms with Gasteiger partial charge in [-0.05, 0) is 24.3 Å². The number of hydrogen-bond donors (Lipinski definition) is 0. The summed E-state index contributed by atoms with van der Waals surface area (Å²) in [5, 5.41) is 1.97. The minimum Gasteiger partial charge on any atom is -0.463 e. The standard InChI is InChI=1S/C12H13N3O2S/c1-17-12(16)10-13-8-4-7-18-9(8)11(14-10)15-5-2-3-6-15/h4,7H,2-3,5-6H2,1H3. The fourth-order valence-electron chi connectivity index (χ4n) is 2.17. The van der Waals surface area contributed by atoms with Crippen molar-refractivity contribution in [1.29, 1.82) is 0 Å². The van der Waals surface area contributed by atoms with Crippen molar-refractivity contribution in [3.63, 3.8) is 0 Å². The highest BCUT2D eigenvalue weighted by molar-refractivity contribution is 7.17. The maximum absolute atomic E-state index is 11.6. The first-order valence-corrected chi connectivity index (χ1v) is 6.76. The van der Waals surface area contributed by atoms with Crippen LogP contribution in [0.3, 0.4) is 0 Å². The van der Waals surface area contributed by atoms with Gasteiger partial charge < -0.3 is 9.64 Å². The molecule has 0 aliphatic carbocycles. The summed E-state index contributed by atoms with van der Waals surface area (Å²) in [6.07, 6.45) is 2.34. The molecule has 0 spiro atoms. The van der Waals surface area contributed by atoms with Gasteiger partial charge in [-0.3, -0.25) is 0 Å². The maximum atomic E-state index is 11.6. The fraction of sp³-hybridized carbons (Fsp3) is 0.417. The summed E-state index contributed by atoms with van der Waals surface area (Å²) in [5.41, 5.74) is 0.817. The predicted molar refractivity (Wildman–Crippen MR) is 70.2 cm³/mol. The smallest absolute Gasteiger partial charge is 0.376 e. The predicted octanol–water partition coefficient (Wildman–Crippen LogP) is 2.08. The molecule has 1 saturated heterocycles. The van der Waals surface area contributed by atoms with Crippen molar-refractivity contribution in [2.24, 2.45) is 0 Å². The molecule has 0 saturated carbocycles. The second kappa shape index (κ2) is 4.53. The second-order valence-electron chi connectivity index (χ2n) is 4.19. The number of esters is 1. The number of carbonyl (C=O) groups excluding carboxylic acids is 1. The lowest BCUT2D eigenvalue weighted by molar-refractivity contribution is 0.0587. The van der Waals surface area contributed by atoms with E-state index in [1.165, 1.54) is 20.0 Å². The normalized spacial score (nSPS) is 15.3. The molecule has 1 aliphatic rings. The van der Waals surface area contributed by atoms with Crippen molar-refractivity contribution in [3.05, 3.63) is 17.3 Å². The molecule has 0 radical (unpaired) electrons. The average molecular weight is 263 g/mol. The molecule has 94 valence electrons. The zero-order valence-corrected chi connectivity index (χ0v) is 10.9. The maximum Gasteiger partial charge on any atom is 0.376 e. The van der Waals surface area contributed by atoms with E-state index in [9.17, 15) is 4.79 Å². The minimum atomic E-state index is -0.483. The highest BCUT2D eigenvalue weighted by atomic mass is 32.1. The Labute approximate surface area is 108 Å². The van der Waals surface area contributed by atoms with Crippen molar-refractivity contribution in [2.75, 3.05) is 25.1 Å². The largest absolute Gasteiger partial charge is 0.463 e. The van der Waals surface area contributed by atoms with E-state index in [2.05, 4.69) is 14.9 Å². The Morgan fingerprint density at radius 2 is 2.17 bits per heavy atom. The number of anilines is 1. The highest BCUT2D eigenvalue weighted by Gasteiger charge is 2.21. The zero-order chi connectivity index (χ0) is 12.5. The molecule has 0 bridgehead atoms. The number of methoxy groups -OCH3 is 1. The Balaban J connectivity index is 2.14. The lowest BCUT2D eigenvalue weighted by Crippen LogP contribution is -2.21. The molecule has 6 heteroatoms. The number of aromatic nitrogens is 2. The molecule has 1 fully saturated rings. The number of nitrogens with zero attached hydrogens (tertiary/aromatic N) is 3. The zero-order valence-electron chi connectivity index (χ0n) is 10.0. The van der Waals surface area contributed by atoms with Crippen LogP contribution in [-0.2, 0) is 4.74 Å². The lowest BCUT2D eigenvalue weighted by atomic mass is 10.4. The Bertz CT molecular complexity index is 590. The summed E-state index contributed by atoms with van der Waals surface area (Å²) in [6.45, 7) is 1.98. The summed E-state index contributed by atoms with van der Waals surface area (Å²) in [7, 11) is 1.35. The van der Waals surface area contributed by atoms with Crippen molar-refractivity contribution in [2.45, 2.75) is 12.8 Å². The molecular weight excluding hydrogens is 250 g/mol. The van der Waals surface area contributed by atoms with Crippen molar-refractivity contribution in [1.82, 2.24) is 9.97 Å². The molecule has 0 amide bonds. The fourth-order valence-corrected chi connectivity index (χ4v) is 3.02. The molecule has 0 unspecified atom stereocenters. The van der Waals surface area contributed by atoms with Gasteiger partial charge in [0.2, 0.25) is 5.82 Å². The third-order valence-corrected chi connectivity index (χ3v) is 3.96. The molecule has 1 aliphatic heterocycles. The van der Waals surface area contributed by atoms with Crippen LogP contribution in [0.5, 0.6) is 0 Å². The average Bonchev–Trinajstić information content (AvgIpc) is 3.06. The number of fused-ring (bicyclic) bond motifs is 1. The van der Waals surface area contributed by atoms with E-state index < -0.39 is 5.97 Å². The van der Waals surface area contributed by atoms with Gasteiger partial charge in [-0.15, -0.1) is 11.3 Å². The number of carbonyl (C=O) groups is 1. The Hall–Kier alpha value is -1.69. The highest BCUT2D eigenvalue weighted by Crippen LogP contribution is 2.30. The quantitative estimate of drug-likeness (QED) is 0.776. The molecule has 2 aromatic rings. The van der Waals surface area contributed by atoms with E-state index >= 15 is 0 Å². The first-order chi connectivity index (χ1) is 8.79. The van der Waals surface area contributed by atoms with Gasteiger partial charge in [-0.2, -0.15) is 0 Å². The van der Waals surface area contributed by atoms with Gasteiger partial charge in [0, 0.05) is 13.1 Å². The van der Waals surface area contributed by atoms with E-state index in [1.807, 2.05) is 11.4 Å². The van der Waals surface area contributed by atoms with Gasteiger partial charge >= 0.3 is 5.97 Å². The number of thiophene rings is 1. The summed E-state index contributed by atoms with van der Waals surface area (Å²) < 4.78 is 5.75. The van der Waals surface area contributed by atoms with Crippen LogP contribution in [-0.4, -0.2) is 36.1 Å². The van der Waals surface area contributed by atoms with Crippen molar-refractivity contribution < 1.29 is 9.53 Å². The number of ether oxygens (including phenoxy) is 1. The van der Waals surface area contributed by atoms with Crippen LogP contribution in [0.2, 0.25) is 0 Å². The summed E-state index contributed by atoms with van der Waals surface area (Å²) in [5.74, 6) is 0.529. The van der Waals surface area contributed by atoms with Gasteiger partial charge in [0.05, 0.1) is 17.3 Å². The van der Waals surface area contributed by atoms with Gasteiger partial charge in [0.25, 0.3) is 0 Å². The summed E-state index contributed by atoms with van der Waals surface area (Å²) in [6, 6.07) is 1.91. The molecule has 0 aromatic carbocycles. The minimum absolute atomic E-state index is 0.144. The van der Waals surface area contributed by atoms with E-state index in [-0.39, 0.29) is 5.82 Å². The Morgan fingerprint density at radius 3 is 2.89 bits per heavy atom. The molecule has 5 nitrogen and oxygen atoms in total. The van der Waals surface area contributed by atoms with Crippen molar-refractivity contribution >= 4 is 33.3 Å². The Morgan fingerprint density at radius 1 is 1.39 bits per heavy atom. The van der Waals surface area contributed by atoms with Crippen LogP contribution in [0.1, 0.15) is 23.5 Å². The summed E-state index contributed by atoms with van der Waals surface area (Å²) in [4.78, 5) is 22.4. The van der Waals surface area contributed by atoms with E-state index in [0.29, 0.717) is 0 Å². The molecular formula is C12H13N3O2S. The van der Waals surface area contributed by atoms with Gasteiger partial charge in [0.15, 0.2) is 5.82 Å². The SMILES string of the molecule is COC(=O)c1nc(N2CCCC2)c2sccc2n1. The van der Waals surface area contributed by atoms with Crippen LogP contribution in [0.15, 0.2) is 11.4 Å². The first-order valence-electron chi connectivity index (χ1n) is 5.88. The third kappa shape index (κ3) is 1.82. The van der Waals surface area contributed by atoms with E-state index in [0.717, 1.165) is 29.1 Å².